The van der Waals surface area contributed by atoms with E-state index >= 15 is 0 Å². The van der Waals surface area contributed by atoms with Gasteiger partial charge in [0.25, 0.3) is 5.89 Å². The van der Waals surface area contributed by atoms with Gasteiger partial charge in [-0.2, -0.15) is 10.2 Å². The van der Waals surface area contributed by atoms with Crippen molar-refractivity contribution >= 4 is 11.8 Å². The fourth-order valence-electron chi connectivity index (χ4n) is 4.14. The summed E-state index contributed by atoms with van der Waals surface area (Å²) in [5.41, 5.74) is 2.61. The molecule has 1 aliphatic rings. The summed E-state index contributed by atoms with van der Waals surface area (Å²) in [6.45, 7) is 6.84. The van der Waals surface area contributed by atoms with Gasteiger partial charge in [-0.15, -0.1) is 0 Å². The Morgan fingerprint density at radius 1 is 1.25 bits per heavy atom. The molecule has 166 valence electrons. The molecule has 3 aromatic rings. The van der Waals surface area contributed by atoms with Crippen LogP contribution in [0.15, 0.2) is 51.5 Å². The number of carbonyl (C=O) groups is 1. The van der Waals surface area contributed by atoms with Crippen molar-refractivity contribution in [1.29, 1.82) is 5.26 Å². The van der Waals surface area contributed by atoms with E-state index < -0.39 is 0 Å². The normalized spacial score (nSPS) is 14.3. The maximum absolute atomic E-state index is 13.3. The van der Waals surface area contributed by atoms with Crippen molar-refractivity contribution in [3.8, 4) is 17.7 Å². The van der Waals surface area contributed by atoms with E-state index in [1.54, 1.807) is 18.4 Å². The highest BCUT2D eigenvalue weighted by Crippen LogP contribution is 2.31. The summed E-state index contributed by atoms with van der Waals surface area (Å²) in [6.07, 6.45) is 3.90. The Balaban J connectivity index is 1.41. The number of rotatable bonds is 7. The summed E-state index contributed by atoms with van der Waals surface area (Å²) in [4.78, 5) is 21.5. The first kappa shape index (κ1) is 21.7. The van der Waals surface area contributed by atoms with Crippen molar-refractivity contribution in [3.63, 3.8) is 0 Å². The van der Waals surface area contributed by atoms with Crippen molar-refractivity contribution in [2.45, 2.75) is 39.7 Å². The molecule has 32 heavy (non-hydrogen) atoms. The van der Waals surface area contributed by atoms with Gasteiger partial charge in [0.2, 0.25) is 17.5 Å². The molecule has 0 bridgehead atoms. The molecule has 7 heteroatoms. The van der Waals surface area contributed by atoms with Gasteiger partial charge in [0, 0.05) is 32.1 Å². The molecule has 3 heterocycles. The van der Waals surface area contributed by atoms with Gasteiger partial charge < -0.3 is 18.6 Å². The number of piperidine rings is 1. The monoisotopic (exact) mass is 432 g/mol. The largest absolute Gasteiger partial charge is 0.459 e. The van der Waals surface area contributed by atoms with Crippen LogP contribution in [0.3, 0.4) is 0 Å². The van der Waals surface area contributed by atoms with Crippen molar-refractivity contribution < 1.29 is 13.6 Å². The Labute approximate surface area is 188 Å². The quantitative estimate of drug-likeness (QED) is 0.534. The summed E-state index contributed by atoms with van der Waals surface area (Å²) in [5, 5.41) is 9.50. The summed E-state index contributed by atoms with van der Waals surface area (Å²) >= 11 is 0. The van der Waals surface area contributed by atoms with Gasteiger partial charge in [-0.1, -0.05) is 36.8 Å². The molecule has 0 N–H and O–H groups in total. The van der Waals surface area contributed by atoms with Gasteiger partial charge in [0.05, 0.1) is 6.26 Å². The van der Waals surface area contributed by atoms with Crippen LogP contribution in [0.5, 0.6) is 0 Å². The number of nitriles is 1. The second-order valence-corrected chi connectivity index (χ2v) is 8.27. The van der Waals surface area contributed by atoms with E-state index in [-0.39, 0.29) is 17.5 Å². The Bertz CT molecular complexity index is 1070. The Morgan fingerprint density at radius 3 is 2.62 bits per heavy atom. The molecule has 0 aliphatic carbocycles. The van der Waals surface area contributed by atoms with Crippen LogP contribution in [-0.2, 0) is 11.3 Å². The number of hydrogen-bond donors (Lipinski definition) is 0. The van der Waals surface area contributed by atoms with Crippen molar-refractivity contribution in [2.24, 2.45) is 5.92 Å². The molecule has 2 aromatic heterocycles. The van der Waals surface area contributed by atoms with Crippen molar-refractivity contribution in [3.05, 3.63) is 59.5 Å². The molecule has 0 atom stereocenters. The lowest BCUT2D eigenvalue weighted by Crippen LogP contribution is -2.42. The predicted molar refractivity (Wildman–Crippen MR) is 121 cm³/mol. The molecule has 1 aromatic carbocycles. The van der Waals surface area contributed by atoms with Crippen LogP contribution in [0.4, 0.5) is 5.88 Å². The van der Waals surface area contributed by atoms with Crippen molar-refractivity contribution in [1.82, 2.24) is 9.88 Å². The number of amides is 1. The molecule has 0 radical (unpaired) electrons. The minimum Gasteiger partial charge on any atom is -0.459 e. The van der Waals surface area contributed by atoms with Crippen LogP contribution in [-0.4, -0.2) is 35.4 Å². The second kappa shape index (κ2) is 9.73. The number of aryl methyl sites for hydroxylation is 1. The number of anilines is 1. The zero-order chi connectivity index (χ0) is 22.5. The van der Waals surface area contributed by atoms with E-state index in [1.807, 2.05) is 9.80 Å². The summed E-state index contributed by atoms with van der Waals surface area (Å²) < 4.78 is 11.2. The summed E-state index contributed by atoms with van der Waals surface area (Å²) in [5.74, 6) is 1.42. The van der Waals surface area contributed by atoms with Gasteiger partial charge in [-0.25, -0.2) is 0 Å². The summed E-state index contributed by atoms with van der Waals surface area (Å²) in [6, 6.07) is 14.0. The topological polar surface area (TPSA) is 86.5 Å². The van der Waals surface area contributed by atoms with E-state index in [0.717, 1.165) is 18.5 Å². The highest BCUT2D eigenvalue weighted by atomic mass is 16.4. The number of carbonyl (C=O) groups excluding carboxylic acids is 1. The zero-order valence-electron chi connectivity index (χ0n) is 18.6. The number of nitrogens with zero attached hydrogens (tertiary/aromatic N) is 4. The lowest BCUT2D eigenvalue weighted by molar-refractivity contribution is -0.136. The molecule has 0 unspecified atom stereocenters. The van der Waals surface area contributed by atoms with E-state index in [2.05, 4.69) is 49.2 Å². The number of aromatic nitrogens is 1. The Morgan fingerprint density at radius 2 is 2.00 bits per heavy atom. The van der Waals surface area contributed by atoms with Gasteiger partial charge in [-0.3, -0.25) is 4.79 Å². The first-order valence-corrected chi connectivity index (χ1v) is 11.1. The molecule has 1 saturated heterocycles. The van der Waals surface area contributed by atoms with Crippen molar-refractivity contribution in [2.75, 3.05) is 24.5 Å². The van der Waals surface area contributed by atoms with Crippen LogP contribution in [0, 0.1) is 24.2 Å². The van der Waals surface area contributed by atoms with Gasteiger partial charge >= 0.3 is 0 Å². The average molecular weight is 433 g/mol. The van der Waals surface area contributed by atoms with Crippen LogP contribution < -0.4 is 4.90 Å². The van der Waals surface area contributed by atoms with Crippen LogP contribution in [0.1, 0.15) is 43.0 Å². The fourth-order valence-corrected chi connectivity index (χ4v) is 4.14. The maximum Gasteiger partial charge on any atom is 0.266 e. The van der Waals surface area contributed by atoms with Crippen LogP contribution >= 0.6 is 0 Å². The lowest BCUT2D eigenvalue weighted by atomic mass is 9.95. The van der Waals surface area contributed by atoms with E-state index in [1.165, 1.54) is 5.56 Å². The summed E-state index contributed by atoms with van der Waals surface area (Å²) in [7, 11) is 0. The minimum absolute atomic E-state index is 0.0266. The highest BCUT2D eigenvalue weighted by molar-refractivity contribution is 5.79. The smallest absolute Gasteiger partial charge is 0.266 e. The molecule has 4 rings (SSSR count). The lowest BCUT2D eigenvalue weighted by Gasteiger charge is -2.34. The first-order valence-electron chi connectivity index (χ1n) is 11.1. The van der Waals surface area contributed by atoms with Crippen LogP contribution in [0.25, 0.3) is 11.7 Å². The van der Waals surface area contributed by atoms with Gasteiger partial charge in [0.1, 0.15) is 6.07 Å². The molecule has 1 aliphatic heterocycles. The average Bonchev–Trinajstić information content (AvgIpc) is 3.50. The SMILES string of the molecule is CCCN(Cc1ccc(C)cc1)C(=O)C1CCN(c2oc(-c3ccco3)nc2C#N)CC1. The molecule has 1 fully saturated rings. The maximum atomic E-state index is 13.3. The Hall–Kier alpha value is -3.53. The third-order valence-electron chi connectivity index (χ3n) is 5.88. The Kier molecular flexibility index (Phi) is 6.60. The molecule has 0 spiro atoms. The zero-order valence-corrected chi connectivity index (χ0v) is 18.6. The van der Waals surface area contributed by atoms with Crippen LogP contribution in [0.2, 0.25) is 0 Å². The molecular formula is C25H28N4O3. The minimum atomic E-state index is -0.0266. The number of furan rings is 1. The predicted octanol–water partition coefficient (Wildman–Crippen LogP) is 4.77. The first-order chi connectivity index (χ1) is 15.6. The number of oxazole rings is 1. The number of hydrogen-bond acceptors (Lipinski definition) is 6. The third-order valence-corrected chi connectivity index (χ3v) is 5.88. The highest BCUT2D eigenvalue weighted by Gasteiger charge is 2.31. The second-order valence-electron chi connectivity index (χ2n) is 8.27. The molecule has 1 amide bonds. The molecule has 7 nitrogen and oxygen atoms in total. The molecular weight excluding hydrogens is 404 g/mol. The fraction of sp³-hybridized carbons (Fsp3) is 0.400. The third kappa shape index (κ3) is 4.70. The van der Waals surface area contributed by atoms with E-state index in [0.29, 0.717) is 50.0 Å². The van der Waals surface area contributed by atoms with E-state index in [9.17, 15) is 10.1 Å². The van der Waals surface area contributed by atoms with Gasteiger partial charge in [0.15, 0.2) is 5.76 Å². The van der Waals surface area contributed by atoms with Gasteiger partial charge in [-0.05, 0) is 43.9 Å². The number of benzene rings is 1. The van der Waals surface area contributed by atoms with E-state index in [4.69, 9.17) is 8.83 Å². The standard InChI is InChI=1S/C25H28N4O3/c1-3-12-29(17-19-8-6-18(2)7-9-19)24(30)20-10-13-28(14-11-20)25-21(16-26)27-23(32-25)22-5-4-15-31-22/h4-9,15,20H,3,10-14,17H2,1-2H3. The molecule has 0 saturated carbocycles.